The van der Waals surface area contributed by atoms with Crippen LogP contribution < -0.4 is 0 Å². The first-order chi connectivity index (χ1) is 7.40. The fraction of sp³-hybridized carbons (Fsp3) is 0.846. The van der Waals surface area contributed by atoms with E-state index in [9.17, 15) is 10.2 Å². The molecule has 0 aromatic rings. The van der Waals surface area contributed by atoms with E-state index in [1.165, 1.54) is 0 Å². The van der Waals surface area contributed by atoms with Gasteiger partial charge in [-0.25, -0.2) is 0 Å². The molecule has 0 aromatic heterocycles. The molecule has 0 aliphatic carbocycles. The highest BCUT2D eigenvalue weighted by Gasteiger charge is 2.34. The summed E-state index contributed by atoms with van der Waals surface area (Å²) in [4.78, 5) is 0. The second-order valence-electron chi connectivity index (χ2n) is 4.94. The molecule has 0 bridgehead atoms. The van der Waals surface area contributed by atoms with E-state index < -0.39 is 12.2 Å². The van der Waals surface area contributed by atoms with Crippen molar-refractivity contribution in [1.29, 1.82) is 0 Å². The molecule has 0 radical (unpaired) electrons. The molecule has 1 aliphatic heterocycles. The highest BCUT2D eigenvalue weighted by Crippen LogP contribution is 2.33. The average molecular weight is 228 g/mol. The fourth-order valence-corrected chi connectivity index (χ4v) is 2.19. The van der Waals surface area contributed by atoms with Crippen LogP contribution >= 0.6 is 0 Å². The number of hydrogen-bond acceptors (Lipinski definition) is 3. The predicted molar refractivity (Wildman–Crippen MR) is 63.9 cm³/mol. The lowest BCUT2D eigenvalue weighted by Gasteiger charge is -2.37. The molecule has 1 rings (SSSR count). The Morgan fingerprint density at radius 3 is 2.44 bits per heavy atom. The van der Waals surface area contributed by atoms with Crippen LogP contribution in [-0.2, 0) is 4.74 Å². The minimum atomic E-state index is -0.453. The van der Waals surface area contributed by atoms with Gasteiger partial charge in [0.15, 0.2) is 0 Å². The first kappa shape index (κ1) is 13.5. The van der Waals surface area contributed by atoms with Crippen LogP contribution in [0.4, 0.5) is 0 Å². The minimum Gasteiger partial charge on any atom is -0.494 e. The van der Waals surface area contributed by atoms with Gasteiger partial charge < -0.3 is 14.9 Å². The van der Waals surface area contributed by atoms with Gasteiger partial charge in [0.1, 0.15) is 11.9 Å². The van der Waals surface area contributed by atoms with E-state index in [0.717, 1.165) is 11.3 Å². The third kappa shape index (κ3) is 2.41. The molecule has 0 unspecified atom stereocenters. The smallest absolute Gasteiger partial charge is 0.103 e. The molecule has 5 atom stereocenters. The van der Waals surface area contributed by atoms with Gasteiger partial charge in [0.05, 0.1) is 12.2 Å². The summed E-state index contributed by atoms with van der Waals surface area (Å²) >= 11 is 0. The largest absolute Gasteiger partial charge is 0.494 e. The molecule has 0 aromatic carbocycles. The van der Waals surface area contributed by atoms with Gasteiger partial charge in [-0.15, -0.1) is 0 Å². The van der Waals surface area contributed by atoms with Gasteiger partial charge in [-0.1, -0.05) is 20.8 Å². The lowest BCUT2D eigenvalue weighted by atomic mass is 9.86. The number of aliphatic hydroxyl groups is 2. The molecule has 0 amide bonds. The van der Waals surface area contributed by atoms with Crippen LogP contribution in [0.15, 0.2) is 11.3 Å². The van der Waals surface area contributed by atoms with Crippen LogP contribution in [0.5, 0.6) is 0 Å². The molecule has 16 heavy (non-hydrogen) atoms. The van der Waals surface area contributed by atoms with E-state index >= 15 is 0 Å². The second-order valence-corrected chi connectivity index (χ2v) is 4.94. The molecular weight excluding hydrogens is 204 g/mol. The Kier molecular flexibility index (Phi) is 4.39. The maximum Gasteiger partial charge on any atom is 0.103 e. The molecule has 0 saturated heterocycles. The molecule has 0 fully saturated rings. The summed E-state index contributed by atoms with van der Waals surface area (Å²) in [5.74, 6) is 0.830. The summed E-state index contributed by atoms with van der Waals surface area (Å²) in [5.41, 5.74) is 0.866. The highest BCUT2D eigenvalue weighted by molar-refractivity contribution is 5.18. The summed E-state index contributed by atoms with van der Waals surface area (Å²) in [6.45, 7) is 9.73. The number of hydrogen-bond donors (Lipinski definition) is 2. The lowest BCUT2D eigenvalue weighted by molar-refractivity contribution is -0.0274. The molecule has 3 nitrogen and oxygen atoms in total. The Morgan fingerprint density at radius 2 is 1.94 bits per heavy atom. The summed E-state index contributed by atoms with van der Waals surface area (Å²) in [6, 6.07) is 0. The van der Waals surface area contributed by atoms with Gasteiger partial charge >= 0.3 is 0 Å². The standard InChI is InChI=1S/C13H24O3/c1-6-11(14)8(3)13-9(4)12(15)7(2)10(5)16-13/h7-8,10-12,14-15H,6H2,1-5H3/t7-,8-,10+,11+,12-/m1/s1. The second kappa shape index (κ2) is 5.19. The van der Waals surface area contributed by atoms with Gasteiger partial charge in [0.2, 0.25) is 0 Å². The molecule has 1 aliphatic rings. The molecule has 0 saturated carbocycles. The average Bonchev–Trinajstić information content (AvgIpc) is 2.29. The van der Waals surface area contributed by atoms with Crippen molar-refractivity contribution < 1.29 is 14.9 Å². The highest BCUT2D eigenvalue weighted by atomic mass is 16.5. The predicted octanol–water partition coefficient (Wildman–Crippen LogP) is 2.08. The Bertz CT molecular complexity index is 272. The van der Waals surface area contributed by atoms with Crippen molar-refractivity contribution in [3.05, 3.63) is 11.3 Å². The van der Waals surface area contributed by atoms with Crippen LogP contribution in [0.3, 0.4) is 0 Å². The maximum atomic E-state index is 10.1. The Hall–Kier alpha value is -0.540. The van der Waals surface area contributed by atoms with Crippen molar-refractivity contribution in [2.24, 2.45) is 11.8 Å². The quantitative estimate of drug-likeness (QED) is 0.777. The van der Waals surface area contributed by atoms with Crippen molar-refractivity contribution in [2.75, 3.05) is 0 Å². The fourth-order valence-electron chi connectivity index (χ4n) is 2.19. The van der Waals surface area contributed by atoms with E-state index in [-0.39, 0.29) is 17.9 Å². The summed E-state index contributed by atoms with van der Waals surface area (Å²) < 4.78 is 5.83. The zero-order chi connectivity index (χ0) is 12.5. The van der Waals surface area contributed by atoms with Gasteiger partial charge in [0, 0.05) is 11.8 Å². The number of rotatable bonds is 3. The van der Waals surface area contributed by atoms with Gasteiger partial charge in [-0.3, -0.25) is 0 Å². The van der Waals surface area contributed by atoms with Crippen LogP contribution in [0.2, 0.25) is 0 Å². The van der Waals surface area contributed by atoms with Crippen LogP contribution in [0.25, 0.3) is 0 Å². The zero-order valence-corrected chi connectivity index (χ0v) is 10.9. The number of aliphatic hydroxyl groups excluding tert-OH is 2. The monoisotopic (exact) mass is 228 g/mol. The Balaban J connectivity index is 2.94. The number of ether oxygens (including phenoxy) is 1. The van der Waals surface area contributed by atoms with Gasteiger partial charge in [0.25, 0.3) is 0 Å². The first-order valence-electron chi connectivity index (χ1n) is 6.13. The van der Waals surface area contributed by atoms with E-state index in [2.05, 4.69) is 0 Å². The molecule has 94 valence electrons. The molecule has 1 heterocycles. The van der Waals surface area contributed by atoms with Crippen molar-refractivity contribution >= 4 is 0 Å². The summed E-state index contributed by atoms with van der Waals surface area (Å²) in [7, 11) is 0. The third-order valence-electron chi connectivity index (χ3n) is 3.79. The third-order valence-corrected chi connectivity index (χ3v) is 3.79. The van der Waals surface area contributed by atoms with Crippen molar-refractivity contribution in [3.8, 4) is 0 Å². The first-order valence-corrected chi connectivity index (χ1v) is 6.13. The zero-order valence-electron chi connectivity index (χ0n) is 10.9. The van der Waals surface area contributed by atoms with Crippen LogP contribution in [0.1, 0.15) is 41.0 Å². The molecular formula is C13H24O3. The van der Waals surface area contributed by atoms with E-state index in [1.54, 1.807) is 0 Å². The Morgan fingerprint density at radius 1 is 1.38 bits per heavy atom. The van der Waals surface area contributed by atoms with Crippen molar-refractivity contribution in [2.45, 2.75) is 59.4 Å². The minimum absolute atomic E-state index is 0.000191. The van der Waals surface area contributed by atoms with E-state index in [0.29, 0.717) is 6.42 Å². The summed E-state index contributed by atoms with van der Waals surface area (Å²) in [6.07, 6.45) is -0.162. The maximum absolute atomic E-state index is 10.1. The SMILES string of the molecule is CC[C@H](O)[C@@H](C)C1=C(C)[C@H](O)[C@H](C)[C@H](C)O1. The van der Waals surface area contributed by atoms with E-state index in [1.807, 2.05) is 34.6 Å². The lowest BCUT2D eigenvalue weighted by Crippen LogP contribution is -2.38. The van der Waals surface area contributed by atoms with Crippen molar-refractivity contribution in [1.82, 2.24) is 0 Å². The van der Waals surface area contributed by atoms with Gasteiger partial charge in [-0.2, -0.15) is 0 Å². The van der Waals surface area contributed by atoms with Gasteiger partial charge in [-0.05, 0) is 25.8 Å². The molecule has 2 N–H and O–H groups in total. The van der Waals surface area contributed by atoms with Crippen LogP contribution in [-0.4, -0.2) is 28.5 Å². The van der Waals surface area contributed by atoms with Crippen LogP contribution in [0, 0.1) is 11.8 Å². The summed E-state index contributed by atoms with van der Waals surface area (Å²) in [5, 5.41) is 19.9. The van der Waals surface area contributed by atoms with E-state index in [4.69, 9.17) is 4.74 Å². The Labute approximate surface area is 98.1 Å². The molecule has 3 heteroatoms. The topological polar surface area (TPSA) is 49.7 Å². The molecule has 0 spiro atoms. The normalized spacial score (nSPS) is 34.6. The van der Waals surface area contributed by atoms with Crippen molar-refractivity contribution in [3.63, 3.8) is 0 Å².